The second kappa shape index (κ2) is 6.81. The zero-order valence-electron chi connectivity index (χ0n) is 10.9. The first-order chi connectivity index (χ1) is 9.58. The fourth-order valence-corrected chi connectivity index (χ4v) is 2.66. The lowest BCUT2D eigenvalue weighted by atomic mass is 10.2. The first-order valence-electron chi connectivity index (χ1n) is 6.21. The van der Waals surface area contributed by atoms with E-state index in [1.54, 1.807) is 6.07 Å². The molecule has 0 aliphatic rings. The standard InChI is InChI=1S/C15H14F3NS/c1-2-19-9-10-5-12(17)7-13(6-10)20-15-4-3-11(16)8-14(15)18/h3-8,19H,2,9H2,1H3. The number of halogens is 3. The van der Waals surface area contributed by atoms with Crippen LogP contribution in [0.25, 0.3) is 0 Å². The summed E-state index contributed by atoms with van der Waals surface area (Å²) in [6.07, 6.45) is 0. The van der Waals surface area contributed by atoms with Crippen molar-refractivity contribution in [3.05, 3.63) is 59.4 Å². The van der Waals surface area contributed by atoms with Gasteiger partial charge in [0.15, 0.2) is 0 Å². The minimum atomic E-state index is -0.646. The summed E-state index contributed by atoms with van der Waals surface area (Å²) < 4.78 is 39.9. The number of hydrogen-bond acceptors (Lipinski definition) is 2. The Morgan fingerprint density at radius 2 is 1.80 bits per heavy atom. The van der Waals surface area contributed by atoms with Gasteiger partial charge in [-0.15, -0.1) is 0 Å². The fourth-order valence-electron chi connectivity index (χ4n) is 1.74. The van der Waals surface area contributed by atoms with Crippen LogP contribution in [-0.4, -0.2) is 6.54 Å². The maximum Gasteiger partial charge on any atom is 0.140 e. The van der Waals surface area contributed by atoms with Crippen molar-refractivity contribution in [2.75, 3.05) is 6.54 Å². The number of nitrogens with one attached hydrogen (secondary N) is 1. The summed E-state index contributed by atoms with van der Waals surface area (Å²) in [6.45, 7) is 3.29. The monoisotopic (exact) mass is 297 g/mol. The molecule has 0 saturated carbocycles. The van der Waals surface area contributed by atoms with Gasteiger partial charge in [0.25, 0.3) is 0 Å². The van der Waals surface area contributed by atoms with E-state index in [-0.39, 0.29) is 10.7 Å². The predicted molar refractivity (Wildman–Crippen MR) is 74.3 cm³/mol. The molecule has 0 unspecified atom stereocenters. The van der Waals surface area contributed by atoms with E-state index in [2.05, 4.69) is 5.32 Å². The van der Waals surface area contributed by atoms with Crippen molar-refractivity contribution >= 4 is 11.8 Å². The SMILES string of the molecule is CCNCc1cc(F)cc(Sc2ccc(F)cc2F)c1. The second-order valence-electron chi connectivity index (χ2n) is 4.25. The molecule has 2 aromatic carbocycles. The molecular weight excluding hydrogens is 283 g/mol. The van der Waals surface area contributed by atoms with Crippen LogP contribution in [0, 0.1) is 17.5 Å². The zero-order chi connectivity index (χ0) is 14.5. The molecule has 0 heterocycles. The van der Waals surface area contributed by atoms with Crippen molar-refractivity contribution in [2.24, 2.45) is 0 Å². The van der Waals surface area contributed by atoms with Crippen LogP contribution in [0.2, 0.25) is 0 Å². The first-order valence-corrected chi connectivity index (χ1v) is 7.03. The molecule has 0 amide bonds. The summed E-state index contributed by atoms with van der Waals surface area (Å²) in [4.78, 5) is 0.856. The average molecular weight is 297 g/mol. The second-order valence-corrected chi connectivity index (χ2v) is 5.37. The molecule has 0 aromatic heterocycles. The number of rotatable bonds is 5. The van der Waals surface area contributed by atoms with E-state index in [0.717, 1.165) is 29.9 Å². The Balaban J connectivity index is 2.21. The van der Waals surface area contributed by atoms with Crippen LogP contribution in [0.5, 0.6) is 0 Å². The van der Waals surface area contributed by atoms with Crippen molar-refractivity contribution in [1.29, 1.82) is 0 Å². The van der Waals surface area contributed by atoms with Crippen LogP contribution in [0.3, 0.4) is 0 Å². The molecule has 106 valence electrons. The quantitative estimate of drug-likeness (QED) is 0.880. The molecule has 1 nitrogen and oxygen atoms in total. The molecule has 2 aromatic rings. The van der Waals surface area contributed by atoms with Crippen molar-refractivity contribution in [3.63, 3.8) is 0 Å². The van der Waals surface area contributed by atoms with Gasteiger partial charge in [0.2, 0.25) is 0 Å². The fraction of sp³-hybridized carbons (Fsp3) is 0.200. The van der Waals surface area contributed by atoms with E-state index >= 15 is 0 Å². The number of benzene rings is 2. The van der Waals surface area contributed by atoms with Crippen LogP contribution < -0.4 is 5.32 Å². The van der Waals surface area contributed by atoms with Crippen molar-refractivity contribution < 1.29 is 13.2 Å². The van der Waals surface area contributed by atoms with Gasteiger partial charge in [0.05, 0.1) is 0 Å². The normalized spacial score (nSPS) is 10.8. The summed E-state index contributed by atoms with van der Waals surface area (Å²) in [6, 6.07) is 7.92. The van der Waals surface area contributed by atoms with Crippen LogP contribution in [0.15, 0.2) is 46.2 Å². The van der Waals surface area contributed by atoms with Crippen molar-refractivity contribution in [2.45, 2.75) is 23.3 Å². The Labute approximate surface area is 120 Å². The van der Waals surface area contributed by atoms with Crippen LogP contribution in [0.4, 0.5) is 13.2 Å². The van der Waals surface area contributed by atoms with Crippen LogP contribution in [0.1, 0.15) is 12.5 Å². The molecule has 0 bridgehead atoms. The predicted octanol–water partition coefficient (Wildman–Crippen LogP) is 4.36. The van der Waals surface area contributed by atoms with Gasteiger partial charge in [-0.3, -0.25) is 0 Å². The molecule has 0 saturated heterocycles. The first kappa shape index (κ1) is 14.9. The Kier molecular flexibility index (Phi) is 5.09. The highest BCUT2D eigenvalue weighted by Gasteiger charge is 2.08. The average Bonchev–Trinajstić information content (AvgIpc) is 2.39. The summed E-state index contributed by atoms with van der Waals surface area (Å²) in [5.74, 6) is -1.64. The minimum Gasteiger partial charge on any atom is -0.313 e. The highest BCUT2D eigenvalue weighted by Crippen LogP contribution is 2.31. The van der Waals surface area contributed by atoms with Gasteiger partial charge in [-0.05, 0) is 42.4 Å². The highest BCUT2D eigenvalue weighted by molar-refractivity contribution is 7.99. The molecule has 0 atom stereocenters. The van der Waals surface area contributed by atoms with E-state index in [1.165, 1.54) is 24.3 Å². The molecule has 0 aliphatic carbocycles. The van der Waals surface area contributed by atoms with E-state index in [1.807, 2.05) is 6.92 Å². The lowest BCUT2D eigenvalue weighted by Gasteiger charge is -2.07. The van der Waals surface area contributed by atoms with Crippen molar-refractivity contribution in [3.8, 4) is 0 Å². The third kappa shape index (κ3) is 4.02. The van der Waals surface area contributed by atoms with E-state index in [9.17, 15) is 13.2 Å². The van der Waals surface area contributed by atoms with Gasteiger partial charge in [0, 0.05) is 22.4 Å². The molecule has 0 radical (unpaired) electrons. The lowest BCUT2D eigenvalue weighted by Crippen LogP contribution is -2.11. The smallest absolute Gasteiger partial charge is 0.140 e. The number of hydrogen-bond donors (Lipinski definition) is 1. The van der Waals surface area contributed by atoms with E-state index < -0.39 is 11.6 Å². The van der Waals surface area contributed by atoms with Gasteiger partial charge in [-0.2, -0.15) is 0 Å². The molecule has 5 heteroatoms. The molecule has 2 rings (SSSR count). The Bertz CT molecular complexity index is 602. The third-order valence-electron chi connectivity index (χ3n) is 2.63. The lowest BCUT2D eigenvalue weighted by molar-refractivity contribution is 0.565. The molecular formula is C15H14F3NS. The highest BCUT2D eigenvalue weighted by atomic mass is 32.2. The van der Waals surface area contributed by atoms with Gasteiger partial charge in [0.1, 0.15) is 17.5 Å². The summed E-state index contributed by atoms with van der Waals surface area (Å²) in [5, 5.41) is 3.10. The third-order valence-corrected chi connectivity index (χ3v) is 3.65. The van der Waals surface area contributed by atoms with Gasteiger partial charge in [-0.1, -0.05) is 18.7 Å². The topological polar surface area (TPSA) is 12.0 Å². The Morgan fingerprint density at radius 3 is 2.50 bits per heavy atom. The van der Waals surface area contributed by atoms with Crippen LogP contribution in [-0.2, 0) is 6.54 Å². The molecule has 0 spiro atoms. The van der Waals surface area contributed by atoms with E-state index in [0.29, 0.717) is 11.4 Å². The maximum absolute atomic E-state index is 13.6. The van der Waals surface area contributed by atoms with Gasteiger partial charge < -0.3 is 5.32 Å². The maximum atomic E-state index is 13.6. The summed E-state index contributed by atoms with van der Waals surface area (Å²) >= 11 is 1.08. The Morgan fingerprint density at radius 1 is 1.00 bits per heavy atom. The molecule has 1 N–H and O–H groups in total. The summed E-state index contributed by atoms with van der Waals surface area (Å²) in [7, 11) is 0. The molecule has 20 heavy (non-hydrogen) atoms. The molecule has 0 aliphatic heterocycles. The Hall–Kier alpha value is -1.46. The largest absolute Gasteiger partial charge is 0.313 e. The minimum absolute atomic E-state index is 0.270. The van der Waals surface area contributed by atoms with Crippen LogP contribution >= 0.6 is 11.8 Å². The zero-order valence-corrected chi connectivity index (χ0v) is 11.7. The summed E-state index contributed by atoms with van der Waals surface area (Å²) in [5.41, 5.74) is 0.789. The van der Waals surface area contributed by atoms with E-state index in [4.69, 9.17) is 0 Å². The van der Waals surface area contributed by atoms with Gasteiger partial charge in [-0.25, -0.2) is 13.2 Å². The van der Waals surface area contributed by atoms with Gasteiger partial charge >= 0.3 is 0 Å². The van der Waals surface area contributed by atoms with Crippen molar-refractivity contribution in [1.82, 2.24) is 5.32 Å². The molecule has 0 fully saturated rings.